The highest BCUT2D eigenvalue weighted by Gasteiger charge is 2.44. The summed E-state index contributed by atoms with van der Waals surface area (Å²) in [7, 11) is 0. The molecule has 3 heterocycles. The van der Waals surface area contributed by atoms with Crippen LogP contribution in [0.1, 0.15) is 70.7 Å². The Morgan fingerprint density at radius 2 is 1.87 bits per heavy atom. The van der Waals surface area contributed by atoms with E-state index in [0.29, 0.717) is 17.9 Å². The monoisotopic (exact) mass is 528 g/mol. The van der Waals surface area contributed by atoms with Crippen molar-refractivity contribution in [3.05, 3.63) is 59.4 Å². The van der Waals surface area contributed by atoms with Gasteiger partial charge >= 0.3 is 0 Å². The maximum absolute atomic E-state index is 13.0. The van der Waals surface area contributed by atoms with Gasteiger partial charge in [0.05, 0.1) is 11.1 Å². The third-order valence-electron chi connectivity index (χ3n) is 8.36. The van der Waals surface area contributed by atoms with Crippen LogP contribution in [0.2, 0.25) is 0 Å². The second-order valence-corrected chi connectivity index (χ2v) is 11.1. The summed E-state index contributed by atoms with van der Waals surface area (Å²) in [6, 6.07) is 8.53. The van der Waals surface area contributed by atoms with Gasteiger partial charge in [-0.25, -0.2) is 0 Å². The van der Waals surface area contributed by atoms with E-state index in [0.717, 1.165) is 60.6 Å². The molecule has 2 atom stereocenters. The first-order chi connectivity index (χ1) is 18.9. The highest BCUT2D eigenvalue weighted by Crippen LogP contribution is 2.36. The summed E-state index contributed by atoms with van der Waals surface area (Å²) in [6.45, 7) is 1.50. The molecule has 4 aliphatic rings. The van der Waals surface area contributed by atoms with Gasteiger partial charge in [-0.2, -0.15) is 0 Å². The van der Waals surface area contributed by atoms with Gasteiger partial charge < -0.3 is 16.0 Å². The van der Waals surface area contributed by atoms with E-state index in [1.165, 1.54) is 0 Å². The lowest BCUT2D eigenvalue weighted by Gasteiger charge is -2.37. The van der Waals surface area contributed by atoms with E-state index in [1.54, 1.807) is 24.4 Å². The molecule has 1 saturated heterocycles. The van der Waals surface area contributed by atoms with Crippen molar-refractivity contribution in [3.63, 3.8) is 0 Å². The second-order valence-electron chi connectivity index (χ2n) is 11.1. The van der Waals surface area contributed by atoms with Gasteiger partial charge in [0.25, 0.3) is 11.8 Å². The summed E-state index contributed by atoms with van der Waals surface area (Å²) in [5.74, 6) is -1.03. The Hall–Kier alpha value is -3.92. The third kappa shape index (κ3) is 5.08. The molecule has 1 aromatic heterocycles. The summed E-state index contributed by atoms with van der Waals surface area (Å²) in [5.41, 5.74) is 3.23. The molecule has 2 aliphatic carbocycles. The van der Waals surface area contributed by atoms with E-state index < -0.39 is 23.8 Å². The molecule has 4 N–H and O–H groups in total. The Kier molecular flexibility index (Phi) is 6.72. The zero-order valence-electron chi connectivity index (χ0n) is 21.6. The molecule has 6 rings (SSSR count). The normalized spacial score (nSPS) is 25.1. The van der Waals surface area contributed by atoms with Crippen molar-refractivity contribution in [3.8, 4) is 0 Å². The number of pyridine rings is 1. The van der Waals surface area contributed by atoms with Crippen LogP contribution in [-0.2, 0) is 9.59 Å². The van der Waals surface area contributed by atoms with Gasteiger partial charge in [-0.1, -0.05) is 6.07 Å². The van der Waals surface area contributed by atoms with Crippen molar-refractivity contribution >= 4 is 35.0 Å². The van der Waals surface area contributed by atoms with Crippen LogP contribution in [0.5, 0.6) is 0 Å². The number of carbonyl (C=O) groups is 4. The minimum absolute atomic E-state index is 0.0646. The van der Waals surface area contributed by atoms with Crippen molar-refractivity contribution in [1.29, 1.82) is 5.41 Å². The van der Waals surface area contributed by atoms with Crippen molar-refractivity contribution < 1.29 is 19.2 Å². The van der Waals surface area contributed by atoms with Crippen molar-refractivity contribution in [2.45, 2.75) is 56.5 Å². The van der Waals surface area contributed by atoms with Crippen LogP contribution in [-0.4, -0.2) is 64.4 Å². The second kappa shape index (κ2) is 10.3. The van der Waals surface area contributed by atoms with Crippen molar-refractivity contribution in [1.82, 2.24) is 20.5 Å². The minimum atomic E-state index is -0.961. The first-order valence-electron chi connectivity index (χ1n) is 13.7. The molecule has 0 radical (unpaired) electrons. The molecule has 0 bridgehead atoms. The molecular formula is C29H32N6O4. The van der Waals surface area contributed by atoms with Gasteiger partial charge in [0.15, 0.2) is 0 Å². The van der Waals surface area contributed by atoms with Crippen LogP contribution in [0.25, 0.3) is 0 Å². The van der Waals surface area contributed by atoms with Crippen LogP contribution in [0.4, 0.5) is 5.69 Å². The summed E-state index contributed by atoms with van der Waals surface area (Å²) in [6.07, 6.45) is 8.15. The number of benzene rings is 1. The molecule has 3 fully saturated rings. The number of rotatable bonds is 10. The SMILES string of the molecule is N=C(C1CC1)C(CNC1CC(CNc2ccc3c(c2)C(=O)N(C2CCC(=O)NC2=O)C3=O)C1)c1cccnc1. The number of amides is 4. The summed E-state index contributed by atoms with van der Waals surface area (Å²) in [4.78, 5) is 54.9. The third-order valence-corrected chi connectivity index (χ3v) is 8.36. The average Bonchev–Trinajstić information content (AvgIpc) is 3.73. The van der Waals surface area contributed by atoms with E-state index in [4.69, 9.17) is 5.41 Å². The molecule has 2 aromatic rings. The maximum atomic E-state index is 13.0. The minimum Gasteiger partial charge on any atom is -0.385 e. The predicted molar refractivity (Wildman–Crippen MR) is 144 cm³/mol. The number of anilines is 1. The van der Waals surface area contributed by atoms with E-state index in [9.17, 15) is 19.2 Å². The molecule has 10 heteroatoms. The number of aromatic nitrogens is 1. The smallest absolute Gasteiger partial charge is 0.262 e. The molecule has 2 unspecified atom stereocenters. The Bertz CT molecular complexity index is 1330. The molecule has 2 saturated carbocycles. The highest BCUT2D eigenvalue weighted by atomic mass is 16.2. The molecule has 0 spiro atoms. The molecule has 10 nitrogen and oxygen atoms in total. The lowest BCUT2D eigenvalue weighted by molar-refractivity contribution is -0.136. The summed E-state index contributed by atoms with van der Waals surface area (Å²) in [5, 5.41) is 17.9. The molecule has 39 heavy (non-hydrogen) atoms. The zero-order chi connectivity index (χ0) is 27.1. The fraction of sp³-hybridized carbons (Fsp3) is 0.448. The highest BCUT2D eigenvalue weighted by molar-refractivity contribution is 6.23. The van der Waals surface area contributed by atoms with Crippen LogP contribution in [0, 0.1) is 17.2 Å². The average molecular weight is 529 g/mol. The van der Waals surface area contributed by atoms with Crippen molar-refractivity contribution in [2.75, 3.05) is 18.4 Å². The topological polar surface area (TPSA) is 144 Å². The van der Waals surface area contributed by atoms with E-state index in [-0.39, 0.29) is 35.8 Å². The Labute approximate surface area is 226 Å². The number of carbonyl (C=O) groups excluding carboxylic acids is 4. The number of imide groups is 2. The number of hydrogen-bond acceptors (Lipinski definition) is 8. The van der Waals surface area contributed by atoms with Crippen LogP contribution in [0.15, 0.2) is 42.7 Å². The van der Waals surface area contributed by atoms with Crippen molar-refractivity contribution in [2.24, 2.45) is 11.8 Å². The van der Waals surface area contributed by atoms with Crippen LogP contribution in [0.3, 0.4) is 0 Å². The molecule has 202 valence electrons. The van der Waals surface area contributed by atoms with E-state index in [1.807, 2.05) is 12.3 Å². The molecule has 2 aliphatic heterocycles. The van der Waals surface area contributed by atoms with Gasteiger partial charge in [-0.3, -0.25) is 34.4 Å². The summed E-state index contributed by atoms with van der Waals surface area (Å²) >= 11 is 0. The number of hydrogen-bond donors (Lipinski definition) is 4. The lowest BCUT2D eigenvalue weighted by atomic mass is 9.79. The fourth-order valence-corrected chi connectivity index (χ4v) is 5.87. The Balaban J connectivity index is 1.00. The summed E-state index contributed by atoms with van der Waals surface area (Å²) < 4.78 is 0. The molecule has 4 amide bonds. The number of piperidine rings is 1. The number of fused-ring (bicyclic) bond motifs is 1. The van der Waals surface area contributed by atoms with Gasteiger partial charge in [-0.05, 0) is 73.8 Å². The van der Waals surface area contributed by atoms with E-state index in [2.05, 4.69) is 27.0 Å². The van der Waals surface area contributed by atoms with Crippen LogP contribution < -0.4 is 16.0 Å². The number of nitrogens with zero attached hydrogens (tertiary/aromatic N) is 2. The number of nitrogens with one attached hydrogen (secondary N) is 4. The zero-order valence-corrected chi connectivity index (χ0v) is 21.6. The van der Waals surface area contributed by atoms with E-state index >= 15 is 0 Å². The van der Waals surface area contributed by atoms with Gasteiger partial charge in [0.2, 0.25) is 11.8 Å². The standard InChI is InChI=1S/C29H32N6O4/c30-26(17-3-4-17)23(18-2-1-9-31-14-18)15-33-20-10-16(11-20)13-32-19-5-6-21-22(12-19)29(39)35(28(21)38)24-7-8-25(36)34-27(24)37/h1-2,5-6,9,12,14,16-17,20,23-24,30,32-33H,3-4,7-8,10-11,13,15H2,(H,34,36,37). The first-order valence-corrected chi connectivity index (χ1v) is 13.7. The lowest BCUT2D eigenvalue weighted by Crippen LogP contribution is -2.54. The molecular weight excluding hydrogens is 496 g/mol. The largest absolute Gasteiger partial charge is 0.385 e. The van der Waals surface area contributed by atoms with Crippen LogP contribution >= 0.6 is 0 Å². The fourth-order valence-electron chi connectivity index (χ4n) is 5.87. The predicted octanol–water partition coefficient (Wildman–Crippen LogP) is 2.48. The Morgan fingerprint density at radius 1 is 1.08 bits per heavy atom. The Morgan fingerprint density at radius 3 is 2.59 bits per heavy atom. The van der Waals surface area contributed by atoms with Gasteiger partial charge in [-0.15, -0.1) is 0 Å². The quantitative estimate of drug-likeness (QED) is 0.274. The van der Waals surface area contributed by atoms with Gasteiger partial charge in [0.1, 0.15) is 6.04 Å². The van der Waals surface area contributed by atoms with Gasteiger partial charge in [0, 0.05) is 55.3 Å². The molecule has 1 aromatic carbocycles. The first kappa shape index (κ1) is 25.4. The maximum Gasteiger partial charge on any atom is 0.262 e.